The topological polar surface area (TPSA) is 104 Å². The molecule has 0 saturated heterocycles. The molecule has 1 atom stereocenters. The van der Waals surface area contributed by atoms with E-state index in [0.29, 0.717) is 10.8 Å². The number of carbonyl (C=O) groups is 2. The summed E-state index contributed by atoms with van der Waals surface area (Å²) in [7, 11) is 1.25. The minimum Gasteiger partial charge on any atom is -0.453 e. The Morgan fingerprint density at radius 2 is 2.09 bits per heavy atom. The van der Waals surface area contributed by atoms with Gasteiger partial charge in [-0.3, -0.25) is 10.1 Å². The maximum atomic E-state index is 11.6. The first-order valence-corrected chi connectivity index (χ1v) is 7.23. The van der Waals surface area contributed by atoms with E-state index in [1.165, 1.54) is 7.11 Å². The number of primary amides is 1. The number of rotatable bonds is 6. The highest BCUT2D eigenvalue weighted by atomic mass is 32.1. The molecule has 0 fully saturated rings. The third-order valence-electron chi connectivity index (χ3n) is 2.70. The van der Waals surface area contributed by atoms with E-state index >= 15 is 0 Å². The van der Waals surface area contributed by atoms with Crippen molar-refractivity contribution in [3.8, 4) is 0 Å². The minimum atomic E-state index is -0.982. The van der Waals surface area contributed by atoms with Crippen LogP contribution in [0.25, 0.3) is 0 Å². The average Bonchev–Trinajstić information content (AvgIpc) is 2.96. The average molecular weight is 321 g/mol. The Morgan fingerprint density at radius 1 is 1.36 bits per heavy atom. The van der Waals surface area contributed by atoms with Crippen LogP contribution in [0.15, 0.2) is 35.7 Å². The first kappa shape index (κ1) is 15.9. The normalized spacial score (nSPS) is 11.7. The number of aromatic nitrogens is 1. The van der Waals surface area contributed by atoms with Crippen LogP contribution < -0.4 is 11.1 Å². The van der Waals surface area contributed by atoms with Crippen molar-refractivity contribution in [1.29, 1.82) is 0 Å². The van der Waals surface area contributed by atoms with Crippen molar-refractivity contribution in [2.24, 2.45) is 5.73 Å². The summed E-state index contributed by atoms with van der Waals surface area (Å²) >= 11 is 1.15. The number of nitrogens with two attached hydrogens (primary N) is 1. The molecule has 0 aliphatic heterocycles. The van der Waals surface area contributed by atoms with Gasteiger partial charge in [0.2, 0.25) is 0 Å². The fourth-order valence-electron chi connectivity index (χ4n) is 1.67. The molecular weight excluding hydrogens is 306 g/mol. The molecule has 1 unspecified atom stereocenters. The number of nitrogens with zero attached hydrogens (tertiary/aromatic N) is 1. The Kier molecular flexibility index (Phi) is 5.45. The van der Waals surface area contributed by atoms with Gasteiger partial charge in [0.15, 0.2) is 11.2 Å². The number of ether oxygens (including phenoxy) is 2. The van der Waals surface area contributed by atoms with Crippen molar-refractivity contribution in [3.05, 3.63) is 47.0 Å². The maximum absolute atomic E-state index is 11.6. The lowest BCUT2D eigenvalue weighted by molar-refractivity contribution is -0.131. The van der Waals surface area contributed by atoms with E-state index in [-0.39, 0.29) is 6.61 Å². The fourth-order valence-corrected chi connectivity index (χ4v) is 2.38. The molecule has 0 aliphatic rings. The molecule has 116 valence electrons. The Morgan fingerprint density at radius 3 is 2.73 bits per heavy atom. The third-order valence-corrected chi connectivity index (χ3v) is 3.48. The van der Waals surface area contributed by atoms with Gasteiger partial charge in [0, 0.05) is 5.38 Å². The van der Waals surface area contributed by atoms with Crippen LogP contribution in [-0.2, 0) is 20.9 Å². The summed E-state index contributed by atoms with van der Waals surface area (Å²) in [5.41, 5.74) is 6.62. The highest BCUT2D eigenvalue weighted by Crippen LogP contribution is 2.24. The number of thiazole rings is 1. The summed E-state index contributed by atoms with van der Waals surface area (Å²) in [5, 5.41) is 4.32. The summed E-state index contributed by atoms with van der Waals surface area (Å²) in [4.78, 5) is 26.8. The summed E-state index contributed by atoms with van der Waals surface area (Å²) in [6.45, 7) is 0.228. The van der Waals surface area contributed by atoms with E-state index in [0.717, 1.165) is 16.9 Å². The van der Waals surface area contributed by atoms with Crippen molar-refractivity contribution in [2.75, 3.05) is 12.4 Å². The molecule has 1 aromatic heterocycles. The number of amides is 2. The monoisotopic (exact) mass is 321 g/mol. The van der Waals surface area contributed by atoms with Gasteiger partial charge in [-0.1, -0.05) is 30.3 Å². The summed E-state index contributed by atoms with van der Waals surface area (Å²) < 4.78 is 10.0. The lowest BCUT2D eigenvalue weighted by atomic mass is 10.2. The minimum absolute atomic E-state index is 0.228. The zero-order chi connectivity index (χ0) is 15.9. The summed E-state index contributed by atoms with van der Waals surface area (Å²) in [5.74, 6) is -0.647. The molecule has 0 radical (unpaired) electrons. The van der Waals surface area contributed by atoms with Gasteiger partial charge in [0.25, 0.3) is 5.91 Å². The lowest BCUT2D eigenvalue weighted by Crippen LogP contribution is -2.24. The maximum Gasteiger partial charge on any atom is 0.413 e. The third kappa shape index (κ3) is 4.27. The Hall–Kier alpha value is -2.45. The van der Waals surface area contributed by atoms with Gasteiger partial charge >= 0.3 is 6.09 Å². The van der Waals surface area contributed by atoms with Crippen LogP contribution >= 0.6 is 11.3 Å². The van der Waals surface area contributed by atoms with Crippen molar-refractivity contribution in [1.82, 2.24) is 4.98 Å². The SMILES string of the molecule is COC(=O)Nc1nc(C(OCc2ccccc2)C(N)=O)cs1. The molecule has 0 bridgehead atoms. The molecule has 2 rings (SSSR count). The van der Waals surface area contributed by atoms with Gasteiger partial charge in [-0.2, -0.15) is 0 Å². The molecule has 8 heteroatoms. The second-order valence-corrected chi connectivity index (χ2v) is 5.13. The zero-order valence-corrected chi connectivity index (χ0v) is 12.6. The number of carbonyl (C=O) groups excluding carboxylic acids is 2. The molecule has 2 aromatic rings. The Bertz CT molecular complexity index is 645. The van der Waals surface area contributed by atoms with E-state index in [1.54, 1.807) is 5.38 Å². The van der Waals surface area contributed by atoms with Crippen LogP contribution in [0.2, 0.25) is 0 Å². The van der Waals surface area contributed by atoms with Crippen LogP contribution in [0, 0.1) is 0 Å². The van der Waals surface area contributed by atoms with Crippen LogP contribution in [0.5, 0.6) is 0 Å². The zero-order valence-electron chi connectivity index (χ0n) is 11.8. The van der Waals surface area contributed by atoms with Gasteiger partial charge in [-0.25, -0.2) is 9.78 Å². The molecule has 1 heterocycles. The smallest absolute Gasteiger partial charge is 0.413 e. The van der Waals surface area contributed by atoms with Crippen molar-refractivity contribution < 1.29 is 19.1 Å². The first-order valence-electron chi connectivity index (χ1n) is 6.35. The molecule has 1 aromatic carbocycles. The van der Waals surface area contributed by atoms with Gasteiger partial charge < -0.3 is 15.2 Å². The molecule has 0 saturated carbocycles. The van der Waals surface area contributed by atoms with E-state index in [1.807, 2.05) is 30.3 Å². The van der Waals surface area contributed by atoms with Gasteiger partial charge in [-0.05, 0) is 5.56 Å². The van der Waals surface area contributed by atoms with E-state index < -0.39 is 18.1 Å². The Balaban J connectivity index is 2.05. The molecule has 2 amide bonds. The van der Waals surface area contributed by atoms with Crippen LogP contribution in [0.3, 0.4) is 0 Å². The highest BCUT2D eigenvalue weighted by Gasteiger charge is 2.22. The standard InChI is InChI=1S/C14H15N3O4S/c1-20-14(19)17-13-16-10(8-22-13)11(12(15)18)21-7-9-5-3-2-4-6-9/h2-6,8,11H,7H2,1H3,(H2,15,18)(H,16,17,19). The molecular formula is C14H15N3O4S. The quantitative estimate of drug-likeness (QED) is 0.847. The van der Waals surface area contributed by atoms with Gasteiger partial charge in [0.05, 0.1) is 19.4 Å². The second kappa shape index (κ2) is 7.53. The van der Waals surface area contributed by atoms with Crippen molar-refractivity contribution in [2.45, 2.75) is 12.7 Å². The lowest BCUT2D eigenvalue weighted by Gasteiger charge is -2.12. The molecule has 3 N–H and O–H groups in total. The number of benzene rings is 1. The van der Waals surface area contributed by atoms with E-state index in [9.17, 15) is 9.59 Å². The van der Waals surface area contributed by atoms with Crippen molar-refractivity contribution >= 4 is 28.5 Å². The molecule has 0 spiro atoms. The van der Waals surface area contributed by atoms with Crippen molar-refractivity contribution in [3.63, 3.8) is 0 Å². The Labute approximate surface area is 131 Å². The number of anilines is 1. The number of hydrogen-bond acceptors (Lipinski definition) is 6. The van der Waals surface area contributed by atoms with Gasteiger partial charge in [0.1, 0.15) is 0 Å². The second-order valence-electron chi connectivity index (χ2n) is 4.27. The number of nitrogens with one attached hydrogen (secondary N) is 1. The van der Waals surface area contributed by atoms with E-state index in [2.05, 4.69) is 15.0 Å². The van der Waals surface area contributed by atoms with E-state index in [4.69, 9.17) is 10.5 Å². The molecule has 7 nitrogen and oxygen atoms in total. The number of hydrogen-bond donors (Lipinski definition) is 2. The predicted molar refractivity (Wildman–Crippen MR) is 81.3 cm³/mol. The number of methoxy groups -OCH3 is 1. The summed E-state index contributed by atoms with van der Waals surface area (Å²) in [6.07, 6.45) is -1.62. The van der Waals surface area contributed by atoms with Crippen LogP contribution in [-0.4, -0.2) is 24.1 Å². The fraction of sp³-hybridized carbons (Fsp3) is 0.214. The van der Waals surface area contributed by atoms with Gasteiger partial charge in [-0.15, -0.1) is 11.3 Å². The first-order chi connectivity index (χ1) is 10.6. The highest BCUT2D eigenvalue weighted by molar-refractivity contribution is 7.13. The van der Waals surface area contributed by atoms with Crippen LogP contribution in [0.4, 0.5) is 9.93 Å². The van der Waals surface area contributed by atoms with Crippen LogP contribution in [0.1, 0.15) is 17.4 Å². The summed E-state index contributed by atoms with van der Waals surface area (Å²) in [6, 6.07) is 9.39. The molecule has 0 aliphatic carbocycles. The molecule has 22 heavy (non-hydrogen) atoms. The predicted octanol–water partition coefficient (Wildman–Crippen LogP) is 2.06. The largest absolute Gasteiger partial charge is 0.453 e.